The van der Waals surface area contributed by atoms with Crippen molar-refractivity contribution < 1.29 is 22.3 Å². The molecule has 2 aromatic rings. The van der Waals surface area contributed by atoms with Gasteiger partial charge in [0.25, 0.3) is 0 Å². The molecular weight excluding hydrogens is 389 g/mol. The lowest BCUT2D eigenvalue weighted by atomic mass is 10.4. The summed E-state index contributed by atoms with van der Waals surface area (Å²) in [6.45, 7) is 2.80. The zero-order chi connectivity index (χ0) is 18.6. The Kier molecular flexibility index (Phi) is 6.32. The molecule has 14 heteroatoms. The van der Waals surface area contributed by atoms with Crippen molar-refractivity contribution in [2.24, 2.45) is 0 Å². The first-order valence-electron chi connectivity index (χ1n) is 6.89. The zero-order valence-corrected chi connectivity index (χ0v) is 16.2. The Morgan fingerprint density at radius 2 is 1.84 bits per heavy atom. The number of nitrogens with two attached hydrogens (primary N) is 2. The van der Waals surface area contributed by atoms with E-state index in [1.807, 2.05) is 0 Å². The SMILES string of the molecule is C[P+](=O)OP(=O)(C/C=C/Cn1cnc2c(N)nc(N)nc21)O[P+](C)=O. The van der Waals surface area contributed by atoms with Crippen LogP contribution in [0.15, 0.2) is 18.5 Å². The van der Waals surface area contributed by atoms with E-state index in [1.165, 1.54) is 25.7 Å². The highest BCUT2D eigenvalue weighted by Gasteiger charge is 2.39. The Labute approximate surface area is 145 Å². The molecule has 0 aliphatic carbocycles. The smallest absolute Gasteiger partial charge is 0.382 e. The van der Waals surface area contributed by atoms with Crippen LogP contribution in [0.25, 0.3) is 11.2 Å². The van der Waals surface area contributed by atoms with Crippen molar-refractivity contribution in [2.45, 2.75) is 6.54 Å². The lowest BCUT2D eigenvalue weighted by Gasteiger charge is -2.02. The molecule has 2 aromatic heterocycles. The summed E-state index contributed by atoms with van der Waals surface area (Å²) < 4.78 is 46.0. The Balaban J connectivity index is 2.11. The topological polar surface area (TPSA) is 165 Å². The number of fused-ring (bicyclic) bond motifs is 1. The van der Waals surface area contributed by atoms with Gasteiger partial charge in [0, 0.05) is 6.54 Å². The van der Waals surface area contributed by atoms with Gasteiger partial charge in [-0.05, 0) is 9.13 Å². The maximum atomic E-state index is 12.4. The number of nitrogens with zero attached hydrogens (tertiary/aromatic N) is 4. The van der Waals surface area contributed by atoms with E-state index in [0.29, 0.717) is 17.7 Å². The molecule has 0 saturated heterocycles. The van der Waals surface area contributed by atoms with Gasteiger partial charge in [0.2, 0.25) is 5.95 Å². The molecule has 134 valence electrons. The van der Waals surface area contributed by atoms with E-state index in [4.69, 9.17) is 20.1 Å². The fourth-order valence-electron chi connectivity index (χ4n) is 1.94. The monoisotopic (exact) mass is 406 g/mol. The van der Waals surface area contributed by atoms with Crippen molar-refractivity contribution >= 4 is 46.6 Å². The van der Waals surface area contributed by atoms with Crippen LogP contribution >= 0.6 is 23.7 Å². The van der Waals surface area contributed by atoms with Crippen LogP contribution in [-0.4, -0.2) is 39.0 Å². The third-order valence-electron chi connectivity index (χ3n) is 2.78. The summed E-state index contributed by atoms with van der Waals surface area (Å²) in [5.74, 6) is 0.204. The van der Waals surface area contributed by atoms with Gasteiger partial charge in [0.1, 0.15) is 5.52 Å². The summed E-state index contributed by atoms with van der Waals surface area (Å²) in [7, 11) is -8.08. The summed E-state index contributed by atoms with van der Waals surface area (Å²) in [6, 6.07) is 0. The number of hydrogen-bond acceptors (Lipinski definition) is 10. The van der Waals surface area contributed by atoms with Crippen molar-refractivity contribution in [3.05, 3.63) is 18.5 Å². The van der Waals surface area contributed by atoms with Crippen LogP contribution in [0.5, 0.6) is 0 Å². The molecule has 0 aromatic carbocycles. The molecule has 4 N–H and O–H groups in total. The third-order valence-corrected chi connectivity index (χ3v) is 7.27. The fourth-order valence-corrected chi connectivity index (χ4v) is 6.07. The van der Waals surface area contributed by atoms with Gasteiger partial charge in [-0.2, -0.15) is 9.97 Å². The quantitative estimate of drug-likeness (QED) is 0.491. The minimum atomic E-state index is -3.75. The fraction of sp³-hybridized carbons (Fsp3) is 0.364. The average molecular weight is 406 g/mol. The normalized spacial score (nSPS) is 15.4. The number of anilines is 2. The molecule has 2 heterocycles. The zero-order valence-electron chi connectivity index (χ0n) is 13.5. The van der Waals surface area contributed by atoms with E-state index >= 15 is 0 Å². The van der Waals surface area contributed by atoms with Gasteiger partial charge >= 0.3 is 23.7 Å². The minimum absolute atomic E-state index is 0.0283. The molecule has 0 saturated carbocycles. The maximum Gasteiger partial charge on any atom is 0.513 e. The molecule has 0 aliphatic rings. The first kappa shape index (κ1) is 19.6. The summed E-state index contributed by atoms with van der Waals surface area (Å²) in [4.78, 5) is 12.0. The molecule has 2 unspecified atom stereocenters. The summed E-state index contributed by atoms with van der Waals surface area (Å²) in [5, 5.41) is 0. The largest absolute Gasteiger partial charge is 0.513 e. The van der Waals surface area contributed by atoms with E-state index in [2.05, 4.69) is 15.0 Å². The van der Waals surface area contributed by atoms with Crippen LogP contribution in [0.1, 0.15) is 0 Å². The second-order valence-electron chi connectivity index (χ2n) is 4.84. The predicted molar refractivity (Wildman–Crippen MR) is 95.0 cm³/mol. The number of rotatable bonds is 8. The molecule has 0 spiro atoms. The van der Waals surface area contributed by atoms with Crippen molar-refractivity contribution in [2.75, 3.05) is 31.0 Å². The minimum Gasteiger partial charge on any atom is -0.382 e. The molecule has 0 aliphatic heterocycles. The first-order valence-corrected chi connectivity index (χ1v) is 11.9. The Morgan fingerprint density at radius 1 is 1.20 bits per heavy atom. The number of nitrogen functional groups attached to an aromatic ring is 2. The van der Waals surface area contributed by atoms with Gasteiger partial charge < -0.3 is 16.0 Å². The van der Waals surface area contributed by atoms with Crippen molar-refractivity contribution in [1.29, 1.82) is 0 Å². The first-order chi connectivity index (χ1) is 11.7. The lowest BCUT2D eigenvalue weighted by molar-refractivity contribution is 0.397. The predicted octanol–water partition coefficient (Wildman–Crippen LogP) is 2.52. The van der Waals surface area contributed by atoms with Crippen molar-refractivity contribution in [1.82, 2.24) is 19.5 Å². The highest BCUT2D eigenvalue weighted by molar-refractivity contribution is 7.66. The molecule has 0 amide bonds. The Hall–Kier alpha value is -1.76. The van der Waals surface area contributed by atoms with E-state index in [-0.39, 0.29) is 17.9 Å². The van der Waals surface area contributed by atoms with Gasteiger partial charge in [0.05, 0.1) is 12.5 Å². The standard InChI is InChI=1S/C11H17N6O5P3/c1-23(18)21-25(20,22-24(2)19)6-4-3-5-17-7-14-8-9(12)15-11(13)16-10(8)17/h3-4,7H,5-6H2,1-2H3,(H4,12,13,15,16)/q+2/b4-3+. The van der Waals surface area contributed by atoms with E-state index in [9.17, 15) is 13.7 Å². The molecular formula is C11H17N6O5P3+2. The van der Waals surface area contributed by atoms with Crippen LogP contribution < -0.4 is 11.5 Å². The van der Waals surface area contributed by atoms with Gasteiger partial charge in [-0.25, -0.2) is 4.98 Å². The van der Waals surface area contributed by atoms with Crippen LogP contribution in [0.4, 0.5) is 11.8 Å². The summed E-state index contributed by atoms with van der Waals surface area (Å²) in [5.41, 5.74) is 12.2. The molecule has 2 atom stereocenters. The second-order valence-corrected chi connectivity index (χ2v) is 9.50. The van der Waals surface area contributed by atoms with Gasteiger partial charge in [0.15, 0.2) is 24.8 Å². The Bertz CT molecular complexity index is 878. The van der Waals surface area contributed by atoms with Crippen LogP contribution in [-0.2, 0) is 28.9 Å². The van der Waals surface area contributed by atoms with Gasteiger partial charge in [-0.3, -0.25) is 4.57 Å². The molecule has 11 nitrogen and oxygen atoms in total. The number of allylic oxidation sites excluding steroid dienone is 2. The maximum absolute atomic E-state index is 12.4. The van der Waals surface area contributed by atoms with Gasteiger partial charge in [-0.1, -0.05) is 20.8 Å². The van der Waals surface area contributed by atoms with Crippen LogP contribution in [0.2, 0.25) is 0 Å². The molecule has 0 fully saturated rings. The number of aromatic nitrogens is 4. The van der Waals surface area contributed by atoms with Crippen LogP contribution in [0.3, 0.4) is 0 Å². The highest BCUT2D eigenvalue weighted by atomic mass is 31.3. The van der Waals surface area contributed by atoms with E-state index < -0.39 is 23.7 Å². The summed E-state index contributed by atoms with van der Waals surface area (Å²) >= 11 is 0. The Morgan fingerprint density at radius 3 is 2.44 bits per heavy atom. The second kappa shape index (κ2) is 8.08. The van der Waals surface area contributed by atoms with E-state index in [0.717, 1.165) is 0 Å². The molecule has 2 rings (SSSR count). The van der Waals surface area contributed by atoms with Crippen molar-refractivity contribution in [3.8, 4) is 0 Å². The summed E-state index contributed by atoms with van der Waals surface area (Å²) in [6.07, 6.45) is 4.50. The third kappa shape index (κ3) is 5.36. The molecule has 0 radical (unpaired) electrons. The van der Waals surface area contributed by atoms with Crippen LogP contribution in [0, 0.1) is 0 Å². The average Bonchev–Trinajstić information content (AvgIpc) is 2.85. The molecule has 0 bridgehead atoms. The lowest BCUT2D eigenvalue weighted by Crippen LogP contribution is -2.03. The van der Waals surface area contributed by atoms with Gasteiger partial charge in [-0.15, -0.1) is 0 Å². The highest BCUT2D eigenvalue weighted by Crippen LogP contribution is 2.59. The number of imidazole rings is 1. The molecule has 25 heavy (non-hydrogen) atoms. The van der Waals surface area contributed by atoms with Crippen molar-refractivity contribution in [3.63, 3.8) is 0 Å². The number of hydrogen-bond donors (Lipinski definition) is 2. The van der Waals surface area contributed by atoms with E-state index in [1.54, 1.807) is 10.6 Å².